The minimum atomic E-state index is -3.96. The third-order valence-corrected chi connectivity index (χ3v) is 4.02. The second-order valence-corrected chi connectivity index (χ2v) is 5.84. The highest BCUT2D eigenvalue weighted by Gasteiger charge is 2.22. The molecule has 0 aromatic heterocycles. The van der Waals surface area contributed by atoms with E-state index in [0.717, 1.165) is 34.1 Å². The van der Waals surface area contributed by atoms with Gasteiger partial charge in [0.15, 0.2) is 0 Å². The van der Waals surface area contributed by atoms with E-state index >= 15 is 0 Å². The smallest absolute Gasteiger partial charge is 0.388 e. The van der Waals surface area contributed by atoms with Gasteiger partial charge in [0, 0.05) is 22.2 Å². The molecule has 1 aliphatic rings. The van der Waals surface area contributed by atoms with Crippen LogP contribution in [0.1, 0.15) is 57.6 Å². The molecule has 2 N–H and O–H groups in total. The zero-order valence-corrected chi connectivity index (χ0v) is 15.5. The molecule has 22 heavy (non-hydrogen) atoms. The van der Waals surface area contributed by atoms with Gasteiger partial charge in [-0.25, -0.2) is 0 Å². The van der Waals surface area contributed by atoms with Crippen LogP contribution in [-0.4, -0.2) is 6.18 Å². The molecular formula is C16H22BrClF3N. The van der Waals surface area contributed by atoms with Crippen LogP contribution in [0.2, 0.25) is 5.02 Å². The predicted molar refractivity (Wildman–Crippen MR) is 92.0 cm³/mol. The van der Waals surface area contributed by atoms with Crippen molar-refractivity contribution in [3.05, 3.63) is 38.8 Å². The first-order valence-corrected chi connectivity index (χ1v) is 8.35. The lowest BCUT2D eigenvalue weighted by molar-refractivity contribution is -0.130. The molecule has 1 aromatic carbocycles. The van der Waals surface area contributed by atoms with Gasteiger partial charge in [-0.05, 0) is 30.0 Å². The van der Waals surface area contributed by atoms with Crippen LogP contribution < -0.4 is 5.73 Å². The Kier molecular flexibility index (Phi) is 9.16. The largest absolute Gasteiger partial charge is 0.398 e. The highest BCUT2D eigenvalue weighted by atomic mass is 79.9. The maximum absolute atomic E-state index is 10.8. The third-order valence-electron chi connectivity index (χ3n) is 3.02. The van der Waals surface area contributed by atoms with Crippen LogP contribution in [0.3, 0.4) is 0 Å². The lowest BCUT2D eigenvalue weighted by Gasteiger charge is -2.23. The number of alkyl halides is 3. The van der Waals surface area contributed by atoms with E-state index in [-0.39, 0.29) is 0 Å². The van der Waals surface area contributed by atoms with Gasteiger partial charge in [-0.2, -0.15) is 13.2 Å². The third kappa shape index (κ3) is 6.21. The molecule has 2 rings (SSSR count). The Labute approximate surface area is 143 Å². The number of rotatable bonds is 0. The Bertz CT molecular complexity index is 513. The molecular weight excluding hydrogens is 379 g/mol. The van der Waals surface area contributed by atoms with E-state index in [2.05, 4.69) is 22.9 Å². The Morgan fingerprint density at radius 2 is 1.82 bits per heavy atom. The van der Waals surface area contributed by atoms with Gasteiger partial charge in [0.2, 0.25) is 0 Å². The molecule has 0 saturated carbocycles. The first-order chi connectivity index (χ1) is 10.2. The zero-order valence-electron chi connectivity index (χ0n) is 13.2. The molecule has 0 radical (unpaired) electrons. The van der Waals surface area contributed by atoms with Crippen molar-refractivity contribution in [1.82, 2.24) is 0 Å². The molecule has 0 saturated heterocycles. The zero-order chi connectivity index (χ0) is 17.5. The van der Waals surface area contributed by atoms with E-state index in [1.165, 1.54) is 5.56 Å². The van der Waals surface area contributed by atoms with Crippen LogP contribution in [0.15, 0.2) is 22.7 Å². The summed E-state index contributed by atoms with van der Waals surface area (Å²) in [6, 6.07) is 3.86. The van der Waals surface area contributed by atoms with Gasteiger partial charge in [0.1, 0.15) is 0 Å². The molecule has 0 aliphatic heterocycles. The van der Waals surface area contributed by atoms with Gasteiger partial charge in [0.05, 0.1) is 5.02 Å². The molecule has 1 nitrogen and oxygen atoms in total. The SMILES string of the molecule is CC.CC1CC=C(N)c2c(Cl)ccc(Br)c21.CCC(F)(F)F. The average Bonchev–Trinajstić information content (AvgIpc) is 2.48. The summed E-state index contributed by atoms with van der Waals surface area (Å²) in [5.74, 6) is 0.477. The Morgan fingerprint density at radius 3 is 2.23 bits per heavy atom. The number of fused-ring (bicyclic) bond motifs is 1. The number of halogens is 5. The van der Waals surface area contributed by atoms with Crippen molar-refractivity contribution in [2.24, 2.45) is 5.73 Å². The fourth-order valence-corrected chi connectivity index (χ4v) is 2.86. The highest BCUT2D eigenvalue weighted by molar-refractivity contribution is 9.10. The molecule has 1 atom stereocenters. The van der Waals surface area contributed by atoms with Crippen molar-refractivity contribution in [1.29, 1.82) is 0 Å². The highest BCUT2D eigenvalue weighted by Crippen LogP contribution is 2.40. The van der Waals surface area contributed by atoms with Gasteiger partial charge in [0.25, 0.3) is 0 Å². The molecule has 6 heteroatoms. The molecule has 126 valence electrons. The van der Waals surface area contributed by atoms with Gasteiger partial charge in [-0.1, -0.05) is 61.3 Å². The van der Waals surface area contributed by atoms with Crippen molar-refractivity contribution < 1.29 is 13.2 Å². The van der Waals surface area contributed by atoms with E-state index in [0.29, 0.717) is 5.92 Å². The molecule has 1 unspecified atom stereocenters. The fourth-order valence-electron chi connectivity index (χ4n) is 1.87. The molecule has 0 spiro atoms. The summed E-state index contributed by atoms with van der Waals surface area (Å²) >= 11 is 9.68. The number of hydrogen-bond acceptors (Lipinski definition) is 1. The van der Waals surface area contributed by atoms with E-state index in [1.807, 2.05) is 32.1 Å². The lowest BCUT2D eigenvalue weighted by atomic mass is 9.87. The van der Waals surface area contributed by atoms with Crippen molar-refractivity contribution in [2.45, 2.75) is 52.6 Å². The quantitative estimate of drug-likeness (QED) is 0.504. The van der Waals surface area contributed by atoms with Gasteiger partial charge < -0.3 is 5.73 Å². The minimum Gasteiger partial charge on any atom is -0.398 e. The Hall–Kier alpha value is -0.680. The molecule has 0 bridgehead atoms. The topological polar surface area (TPSA) is 26.0 Å². The summed E-state index contributed by atoms with van der Waals surface area (Å²) in [4.78, 5) is 0. The fraction of sp³-hybridized carbons (Fsp3) is 0.500. The molecule has 1 aromatic rings. The average molecular weight is 401 g/mol. The van der Waals surface area contributed by atoms with Crippen molar-refractivity contribution in [3.63, 3.8) is 0 Å². The van der Waals surface area contributed by atoms with Crippen molar-refractivity contribution >= 4 is 33.2 Å². The lowest BCUT2D eigenvalue weighted by Crippen LogP contribution is -2.10. The maximum Gasteiger partial charge on any atom is 0.388 e. The summed E-state index contributed by atoms with van der Waals surface area (Å²) < 4.78 is 33.5. The standard InChI is InChI=1S/C11H11BrClN.C3H5F3.C2H6/c1-6-2-5-9(14)11-8(13)4-3-7(12)10(6)11;1-2-3(4,5)6;1-2/h3-6H,2,14H2,1H3;2H2,1H3;1-2H3. The van der Waals surface area contributed by atoms with E-state index in [9.17, 15) is 13.2 Å². The molecule has 0 amide bonds. The number of hydrogen-bond donors (Lipinski definition) is 1. The Morgan fingerprint density at radius 1 is 1.32 bits per heavy atom. The second-order valence-electron chi connectivity index (χ2n) is 4.58. The Balaban J connectivity index is 0.000000470. The predicted octanol–water partition coefficient (Wildman–Crippen LogP) is 6.89. The summed E-state index contributed by atoms with van der Waals surface area (Å²) in [6.07, 6.45) is -1.66. The van der Waals surface area contributed by atoms with E-state index in [4.69, 9.17) is 17.3 Å². The summed E-state index contributed by atoms with van der Waals surface area (Å²) in [5.41, 5.74) is 8.96. The van der Waals surface area contributed by atoms with E-state index in [1.54, 1.807) is 0 Å². The molecule has 1 aliphatic carbocycles. The van der Waals surface area contributed by atoms with Crippen molar-refractivity contribution in [3.8, 4) is 0 Å². The van der Waals surface area contributed by atoms with Crippen LogP contribution in [-0.2, 0) is 0 Å². The monoisotopic (exact) mass is 399 g/mol. The first kappa shape index (κ1) is 21.3. The van der Waals surface area contributed by atoms with Gasteiger partial charge >= 0.3 is 6.18 Å². The second kappa shape index (κ2) is 9.46. The number of nitrogens with two attached hydrogens (primary N) is 1. The van der Waals surface area contributed by atoms with E-state index < -0.39 is 12.6 Å². The van der Waals surface area contributed by atoms with Crippen LogP contribution >= 0.6 is 27.5 Å². The molecule has 0 fully saturated rings. The summed E-state index contributed by atoms with van der Waals surface area (Å²) in [5, 5.41) is 0.739. The van der Waals surface area contributed by atoms with Gasteiger partial charge in [-0.15, -0.1) is 0 Å². The molecule has 0 heterocycles. The van der Waals surface area contributed by atoms with Crippen LogP contribution in [0.4, 0.5) is 13.2 Å². The normalized spacial score (nSPS) is 16.4. The number of allylic oxidation sites excluding steroid dienone is 1. The summed E-state index contributed by atoms with van der Waals surface area (Å²) in [6.45, 7) is 7.27. The maximum atomic E-state index is 10.8. The number of benzene rings is 1. The van der Waals surface area contributed by atoms with Crippen molar-refractivity contribution in [2.75, 3.05) is 0 Å². The van der Waals surface area contributed by atoms with Crippen LogP contribution in [0.5, 0.6) is 0 Å². The van der Waals surface area contributed by atoms with Gasteiger partial charge in [-0.3, -0.25) is 0 Å². The van der Waals surface area contributed by atoms with Crippen LogP contribution in [0, 0.1) is 0 Å². The summed E-state index contributed by atoms with van der Waals surface area (Å²) in [7, 11) is 0. The first-order valence-electron chi connectivity index (χ1n) is 7.18. The van der Waals surface area contributed by atoms with Crippen LogP contribution in [0.25, 0.3) is 5.70 Å². The minimum absolute atomic E-state index is 0.477.